The zero-order valence-electron chi connectivity index (χ0n) is 19.5. The first-order chi connectivity index (χ1) is 16.6. The minimum absolute atomic E-state index is 0.00267. The van der Waals surface area contributed by atoms with Gasteiger partial charge in [0.05, 0.1) is 5.52 Å². The van der Waals surface area contributed by atoms with Crippen molar-refractivity contribution in [2.45, 2.75) is 57.8 Å². The average molecular weight is 506 g/mol. The van der Waals surface area contributed by atoms with Gasteiger partial charge in [-0.15, -0.1) is 0 Å². The van der Waals surface area contributed by atoms with Gasteiger partial charge in [0.2, 0.25) is 0 Å². The molecular weight excluding hydrogens is 479 g/mol. The topological polar surface area (TPSA) is 63.2 Å². The zero-order chi connectivity index (χ0) is 25.2. The summed E-state index contributed by atoms with van der Waals surface area (Å²) < 4.78 is 45.8. The minimum atomic E-state index is -4.55. The molecule has 1 amide bonds. The highest BCUT2D eigenvalue weighted by atomic mass is 35.5. The maximum absolute atomic E-state index is 13.4. The predicted molar refractivity (Wildman–Crippen MR) is 131 cm³/mol. The fraction of sp³-hybridized carbons (Fsp3) is 0.385. The number of amides is 1. The third-order valence-corrected chi connectivity index (χ3v) is 6.45. The fourth-order valence-corrected chi connectivity index (χ4v) is 4.51. The second kappa shape index (κ2) is 10.3. The number of ether oxygens (including phenoxy) is 1. The van der Waals surface area contributed by atoms with E-state index in [2.05, 4.69) is 15.6 Å². The number of pyridine rings is 1. The molecule has 4 rings (SSSR count). The highest BCUT2D eigenvalue weighted by Crippen LogP contribution is 2.35. The number of nitrogens with one attached hydrogen (secondary N) is 2. The maximum Gasteiger partial charge on any atom is 0.433 e. The van der Waals surface area contributed by atoms with E-state index in [1.807, 2.05) is 32.0 Å². The Morgan fingerprint density at radius 3 is 2.49 bits per heavy atom. The summed E-state index contributed by atoms with van der Waals surface area (Å²) >= 11 is 6.08. The van der Waals surface area contributed by atoms with E-state index in [0.29, 0.717) is 47.5 Å². The van der Waals surface area contributed by atoms with Gasteiger partial charge in [-0.3, -0.25) is 4.79 Å². The largest absolute Gasteiger partial charge is 0.483 e. The number of benzene rings is 2. The van der Waals surface area contributed by atoms with Crippen LogP contribution in [0.3, 0.4) is 0 Å². The van der Waals surface area contributed by atoms with Crippen LogP contribution in [0.1, 0.15) is 42.5 Å². The molecule has 1 aliphatic carbocycles. The Bertz CT molecular complexity index is 1220. The van der Waals surface area contributed by atoms with Gasteiger partial charge >= 0.3 is 6.18 Å². The molecule has 0 spiro atoms. The number of alkyl halides is 3. The molecule has 1 fully saturated rings. The zero-order valence-corrected chi connectivity index (χ0v) is 20.3. The molecule has 2 aromatic carbocycles. The van der Waals surface area contributed by atoms with Gasteiger partial charge in [0, 0.05) is 28.2 Å². The number of hydrogen-bond donors (Lipinski definition) is 2. The fourth-order valence-electron chi connectivity index (χ4n) is 4.34. The van der Waals surface area contributed by atoms with Crippen molar-refractivity contribution in [2.24, 2.45) is 0 Å². The van der Waals surface area contributed by atoms with Crippen molar-refractivity contribution in [3.8, 4) is 5.75 Å². The number of fused-ring (bicyclic) bond motifs is 1. The summed E-state index contributed by atoms with van der Waals surface area (Å²) in [5.41, 5.74) is 1.67. The van der Waals surface area contributed by atoms with Crippen molar-refractivity contribution < 1.29 is 22.7 Å². The van der Waals surface area contributed by atoms with E-state index in [1.54, 1.807) is 6.07 Å². The van der Waals surface area contributed by atoms with Gasteiger partial charge in [-0.25, -0.2) is 4.98 Å². The quantitative estimate of drug-likeness (QED) is 0.404. The monoisotopic (exact) mass is 505 g/mol. The van der Waals surface area contributed by atoms with Crippen LogP contribution in [0.15, 0.2) is 42.5 Å². The lowest BCUT2D eigenvalue weighted by Crippen LogP contribution is -2.42. The molecule has 0 aliphatic heterocycles. The molecule has 35 heavy (non-hydrogen) atoms. The Kier molecular flexibility index (Phi) is 7.40. The molecule has 0 unspecified atom stereocenters. The summed E-state index contributed by atoms with van der Waals surface area (Å²) in [5.74, 6) is 0.503. The second-order valence-corrected chi connectivity index (χ2v) is 9.47. The van der Waals surface area contributed by atoms with Gasteiger partial charge in [0.25, 0.3) is 5.91 Å². The third kappa shape index (κ3) is 6.36. The van der Waals surface area contributed by atoms with Crippen molar-refractivity contribution in [2.75, 3.05) is 11.9 Å². The molecule has 0 atom stereocenters. The smallest absolute Gasteiger partial charge is 0.433 e. The van der Waals surface area contributed by atoms with Gasteiger partial charge < -0.3 is 15.4 Å². The van der Waals surface area contributed by atoms with Crippen LogP contribution < -0.4 is 15.4 Å². The van der Waals surface area contributed by atoms with Gasteiger partial charge in [-0.2, -0.15) is 13.2 Å². The van der Waals surface area contributed by atoms with Crippen LogP contribution in [0.2, 0.25) is 5.02 Å². The van der Waals surface area contributed by atoms with Crippen LogP contribution >= 0.6 is 11.6 Å². The van der Waals surface area contributed by atoms with E-state index in [0.717, 1.165) is 17.2 Å². The Hall–Kier alpha value is -3.00. The van der Waals surface area contributed by atoms with Gasteiger partial charge in [0.15, 0.2) is 6.61 Å². The van der Waals surface area contributed by atoms with Gasteiger partial charge in [-0.1, -0.05) is 23.7 Å². The number of rotatable bonds is 6. The third-order valence-electron chi connectivity index (χ3n) is 6.22. The van der Waals surface area contributed by atoms with Crippen molar-refractivity contribution in [1.82, 2.24) is 10.3 Å². The molecule has 1 heterocycles. The van der Waals surface area contributed by atoms with E-state index in [1.165, 1.54) is 12.1 Å². The summed E-state index contributed by atoms with van der Waals surface area (Å²) in [6, 6.07) is 11.5. The summed E-state index contributed by atoms with van der Waals surface area (Å²) in [5, 5.41) is 7.24. The number of carbonyl (C=O) groups is 1. The van der Waals surface area contributed by atoms with Crippen LogP contribution in [0.5, 0.6) is 5.75 Å². The summed E-state index contributed by atoms with van der Waals surface area (Å²) in [4.78, 5) is 16.1. The number of carbonyl (C=O) groups excluding carboxylic acids is 1. The highest BCUT2D eigenvalue weighted by molar-refractivity contribution is 6.31. The molecule has 0 saturated heterocycles. The van der Waals surface area contributed by atoms with Crippen molar-refractivity contribution in [1.29, 1.82) is 0 Å². The van der Waals surface area contributed by atoms with Crippen LogP contribution in [-0.2, 0) is 11.0 Å². The Morgan fingerprint density at radius 2 is 1.77 bits per heavy atom. The molecule has 9 heteroatoms. The Labute approximate surface area is 207 Å². The second-order valence-electron chi connectivity index (χ2n) is 9.03. The Morgan fingerprint density at radius 1 is 1.06 bits per heavy atom. The van der Waals surface area contributed by atoms with E-state index in [-0.39, 0.29) is 30.1 Å². The number of hydrogen-bond acceptors (Lipinski definition) is 4. The molecule has 3 aromatic rings. The van der Waals surface area contributed by atoms with E-state index >= 15 is 0 Å². The molecule has 0 bridgehead atoms. The molecule has 2 N–H and O–H groups in total. The maximum atomic E-state index is 13.4. The molecule has 5 nitrogen and oxygen atoms in total. The predicted octanol–water partition coefficient (Wildman–Crippen LogP) is 6.44. The standard InChI is InChI=1S/C26H27ClF3N3O2/c1-15-3-4-16(2)23(11-15)35-14-25(34)32-19-8-6-18(7-9-19)31-22-13-24(26(28,29)30)33-21-10-5-17(27)12-20(21)22/h3-5,10-13,18-19H,6-9,14H2,1-2H3,(H,31,33)(H,32,34)/t18-,19+. The van der Waals surface area contributed by atoms with Gasteiger partial charge in [-0.05, 0) is 81.0 Å². The number of nitrogens with zero attached hydrogens (tertiary/aromatic N) is 1. The van der Waals surface area contributed by atoms with E-state index < -0.39 is 11.9 Å². The number of halogens is 4. The molecule has 1 saturated carbocycles. The van der Waals surface area contributed by atoms with Crippen LogP contribution in [0, 0.1) is 13.8 Å². The molecule has 186 valence electrons. The van der Waals surface area contributed by atoms with Crippen molar-refractivity contribution in [3.63, 3.8) is 0 Å². The summed E-state index contributed by atoms with van der Waals surface area (Å²) in [7, 11) is 0. The lowest BCUT2D eigenvalue weighted by atomic mass is 9.90. The lowest BCUT2D eigenvalue weighted by molar-refractivity contribution is -0.140. The Balaban J connectivity index is 1.35. The SMILES string of the molecule is Cc1ccc(C)c(OCC(=O)N[C@H]2CC[C@@H](Nc3cc(C(F)(F)F)nc4ccc(Cl)cc34)CC2)c1. The average Bonchev–Trinajstić information content (AvgIpc) is 2.80. The molecular formula is C26H27ClF3N3O2. The van der Waals surface area contributed by atoms with E-state index in [9.17, 15) is 18.0 Å². The summed E-state index contributed by atoms with van der Waals surface area (Å²) in [6.45, 7) is 3.83. The van der Waals surface area contributed by atoms with Crippen molar-refractivity contribution in [3.05, 3.63) is 64.3 Å². The number of aryl methyl sites for hydroxylation is 2. The van der Waals surface area contributed by atoms with Gasteiger partial charge in [0.1, 0.15) is 11.4 Å². The van der Waals surface area contributed by atoms with Crippen molar-refractivity contribution >= 4 is 34.1 Å². The molecule has 1 aliphatic rings. The number of anilines is 1. The number of aromatic nitrogens is 1. The first-order valence-corrected chi connectivity index (χ1v) is 11.9. The van der Waals surface area contributed by atoms with Crippen LogP contribution in [-0.4, -0.2) is 29.6 Å². The first kappa shape index (κ1) is 25.1. The normalized spacial score (nSPS) is 18.3. The summed E-state index contributed by atoms with van der Waals surface area (Å²) in [6.07, 6.45) is -1.72. The van der Waals surface area contributed by atoms with E-state index in [4.69, 9.17) is 16.3 Å². The van der Waals surface area contributed by atoms with Crippen LogP contribution in [0.4, 0.5) is 18.9 Å². The highest BCUT2D eigenvalue weighted by Gasteiger charge is 2.34. The first-order valence-electron chi connectivity index (χ1n) is 11.5. The molecule has 0 radical (unpaired) electrons. The minimum Gasteiger partial charge on any atom is -0.483 e. The van der Waals surface area contributed by atoms with Crippen LogP contribution in [0.25, 0.3) is 10.9 Å². The molecule has 1 aromatic heterocycles. The lowest BCUT2D eigenvalue weighted by Gasteiger charge is -2.30.